The normalized spacial score (nSPS) is 16.6. The van der Waals surface area contributed by atoms with E-state index in [9.17, 15) is 0 Å². The highest BCUT2D eigenvalue weighted by Crippen LogP contribution is 2.19. The number of hydrogen-bond acceptors (Lipinski definition) is 3. The summed E-state index contributed by atoms with van der Waals surface area (Å²) in [5, 5.41) is 3.51. The molecule has 1 saturated carbocycles. The maximum atomic E-state index is 4.72. The zero-order valence-electron chi connectivity index (χ0n) is 11.8. The fraction of sp³-hybridized carbons (Fsp3) is 0.667. The third-order valence-corrected chi connectivity index (χ3v) is 3.61. The first kappa shape index (κ1) is 13.3. The molecule has 1 heterocycles. The van der Waals surface area contributed by atoms with Gasteiger partial charge in [0.2, 0.25) is 0 Å². The van der Waals surface area contributed by atoms with E-state index in [4.69, 9.17) is 4.98 Å². The summed E-state index contributed by atoms with van der Waals surface area (Å²) in [6.45, 7) is 6.50. The van der Waals surface area contributed by atoms with Gasteiger partial charge in [0.25, 0.3) is 0 Å². The lowest BCUT2D eigenvalue weighted by atomic mass is 10.1. The van der Waals surface area contributed by atoms with Crippen LogP contribution < -0.4 is 10.2 Å². The Morgan fingerprint density at radius 2 is 2.22 bits per heavy atom. The van der Waals surface area contributed by atoms with Gasteiger partial charge in [-0.3, -0.25) is 0 Å². The minimum atomic E-state index is 0.713. The molecule has 100 valence electrons. The molecular formula is C15H25N3. The second-order valence-corrected chi connectivity index (χ2v) is 5.54. The molecular weight excluding hydrogens is 222 g/mol. The highest BCUT2D eigenvalue weighted by molar-refractivity contribution is 5.38. The summed E-state index contributed by atoms with van der Waals surface area (Å²) in [5.41, 5.74) is 1.15. The Bertz CT molecular complexity index is 374. The molecule has 1 aromatic rings. The van der Waals surface area contributed by atoms with Crippen molar-refractivity contribution in [3.05, 3.63) is 23.9 Å². The first-order valence-corrected chi connectivity index (χ1v) is 7.09. The van der Waals surface area contributed by atoms with E-state index in [2.05, 4.69) is 49.3 Å². The number of rotatable bonds is 7. The predicted octanol–water partition coefficient (Wildman–Crippen LogP) is 2.82. The summed E-state index contributed by atoms with van der Waals surface area (Å²) in [6, 6.07) is 7.06. The number of anilines is 1. The molecule has 3 heteroatoms. The molecule has 0 radical (unpaired) electrons. The summed E-state index contributed by atoms with van der Waals surface area (Å²) >= 11 is 0. The molecule has 0 bridgehead atoms. The second kappa shape index (κ2) is 6.19. The molecule has 1 fully saturated rings. The molecule has 2 rings (SSSR count). The summed E-state index contributed by atoms with van der Waals surface area (Å²) in [5.74, 6) is 1.80. The van der Waals surface area contributed by atoms with Crippen LogP contribution in [0.15, 0.2) is 18.2 Å². The highest BCUT2D eigenvalue weighted by atomic mass is 15.2. The number of pyridine rings is 1. The standard InChI is InChI=1S/C15H25N3/c1-4-12(2)11-18(3)15-7-5-6-14(17-15)10-16-13-8-9-13/h5-7,12-13,16H,4,8-11H2,1-3H3. The van der Waals surface area contributed by atoms with Crippen LogP contribution in [0.25, 0.3) is 0 Å². The zero-order valence-corrected chi connectivity index (χ0v) is 11.8. The van der Waals surface area contributed by atoms with Crippen molar-refractivity contribution < 1.29 is 0 Å². The van der Waals surface area contributed by atoms with Crippen molar-refractivity contribution in [3.63, 3.8) is 0 Å². The first-order valence-electron chi connectivity index (χ1n) is 7.09. The van der Waals surface area contributed by atoms with E-state index in [1.165, 1.54) is 19.3 Å². The van der Waals surface area contributed by atoms with Crippen LogP contribution in [0.5, 0.6) is 0 Å². The van der Waals surface area contributed by atoms with Crippen LogP contribution in [0.1, 0.15) is 38.8 Å². The fourth-order valence-electron chi connectivity index (χ4n) is 2.00. The number of aromatic nitrogens is 1. The molecule has 1 N–H and O–H groups in total. The quantitative estimate of drug-likeness (QED) is 0.803. The largest absolute Gasteiger partial charge is 0.359 e. The molecule has 1 aliphatic rings. The molecule has 1 aromatic heterocycles. The van der Waals surface area contributed by atoms with E-state index in [1.54, 1.807) is 0 Å². The molecule has 18 heavy (non-hydrogen) atoms. The lowest BCUT2D eigenvalue weighted by Gasteiger charge is -2.22. The van der Waals surface area contributed by atoms with Crippen LogP contribution in [-0.2, 0) is 6.54 Å². The van der Waals surface area contributed by atoms with Crippen LogP contribution in [-0.4, -0.2) is 24.6 Å². The molecule has 3 nitrogen and oxygen atoms in total. The minimum Gasteiger partial charge on any atom is -0.359 e. The van der Waals surface area contributed by atoms with Gasteiger partial charge in [-0.15, -0.1) is 0 Å². The predicted molar refractivity (Wildman–Crippen MR) is 76.8 cm³/mol. The Hall–Kier alpha value is -1.09. The maximum absolute atomic E-state index is 4.72. The van der Waals surface area contributed by atoms with Crippen LogP contribution in [0, 0.1) is 5.92 Å². The molecule has 1 atom stereocenters. The van der Waals surface area contributed by atoms with Crippen LogP contribution in [0.2, 0.25) is 0 Å². The van der Waals surface area contributed by atoms with Gasteiger partial charge in [-0.05, 0) is 30.9 Å². The van der Waals surface area contributed by atoms with Gasteiger partial charge in [-0.1, -0.05) is 26.3 Å². The van der Waals surface area contributed by atoms with E-state index in [0.717, 1.165) is 30.6 Å². The van der Waals surface area contributed by atoms with E-state index in [1.807, 2.05) is 0 Å². The van der Waals surface area contributed by atoms with E-state index in [-0.39, 0.29) is 0 Å². The average Bonchev–Trinajstić information content (AvgIpc) is 3.20. The van der Waals surface area contributed by atoms with Crippen molar-refractivity contribution in [1.82, 2.24) is 10.3 Å². The van der Waals surface area contributed by atoms with E-state index >= 15 is 0 Å². The number of nitrogens with zero attached hydrogens (tertiary/aromatic N) is 2. The second-order valence-electron chi connectivity index (χ2n) is 5.54. The first-order chi connectivity index (χ1) is 8.69. The van der Waals surface area contributed by atoms with E-state index in [0.29, 0.717) is 5.92 Å². The fourth-order valence-corrected chi connectivity index (χ4v) is 2.00. The average molecular weight is 247 g/mol. The summed E-state index contributed by atoms with van der Waals surface area (Å²) in [6.07, 6.45) is 3.87. The SMILES string of the molecule is CCC(C)CN(C)c1cccc(CNC2CC2)n1. The Labute approximate surface area is 111 Å². The Morgan fingerprint density at radius 3 is 2.89 bits per heavy atom. The summed E-state index contributed by atoms with van der Waals surface area (Å²) in [4.78, 5) is 6.98. The molecule has 0 spiro atoms. The molecule has 1 unspecified atom stereocenters. The molecule has 0 aromatic carbocycles. The number of nitrogens with one attached hydrogen (secondary N) is 1. The Kier molecular flexibility index (Phi) is 4.59. The monoisotopic (exact) mass is 247 g/mol. The van der Waals surface area contributed by atoms with Gasteiger partial charge in [-0.2, -0.15) is 0 Å². The van der Waals surface area contributed by atoms with Gasteiger partial charge in [0.1, 0.15) is 5.82 Å². The van der Waals surface area contributed by atoms with Crippen molar-refractivity contribution in [2.24, 2.45) is 5.92 Å². The van der Waals surface area contributed by atoms with Crippen LogP contribution in [0.4, 0.5) is 5.82 Å². The van der Waals surface area contributed by atoms with Gasteiger partial charge in [0.05, 0.1) is 5.69 Å². The van der Waals surface area contributed by atoms with Crippen LogP contribution in [0.3, 0.4) is 0 Å². The van der Waals surface area contributed by atoms with Crippen molar-refractivity contribution >= 4 is 5.82 Å². The van der Waals surface area contributed by atoms with Gasteiger partial charge in [0, 0.05) is 26.2 Å². The zero-order chi connectivity index (χ0) is 13.0. The van der Waals surface area contributed by atoms with Gasteiger partial charge >= 0.3 is 0 Å². The Morgan fingerprint density at radius 1 is 1.44 bits per heavy atom. The van der Waals surface area contributed by atoms with Gasteiger partial charge in [-0.25, -0.2) is 4.98 Å². The third kappa shape index (κ3) is 3.98. The molecule has 0 saturated heterocycles. The van der Waals surface area contributed by atoms with E-state index < -0.39 is 0 Å². The summed E-state index contributed by atoms with van der Waals surface area (Å²) in [7, 11) is 2.13. The lowest BCUT2D eigenvalue weighted by Crippen LogP contribution is -2.25. The van der Waals surface area contributed by atoms with Crippen molar-refractivity contribution in [3.8, 4) is 0 Å². The smallest absolute Gasteiger partial charge is 0.128 e. The molecule has 1 aliphatic carbocycles. The minimum absolute atomic E-state index is 0.713. The summed E-state index contributed by atoms with van der Waals surface area (Å²) < 4.78 is 0. The van der Waals surface area contributed by atoms with Crippen molar-refractivity contribution in [1.29, 1.82) is 0 Å². The molecule has 0 aliphatic heterocycles. The maximum Gasteiger partial charge on any atom is 0.128 e. The van der Waals surface area contributed by atoms with Gasteiger partial charge in [0.15, 0.2) is 0 Å². The van der Waals surface area contributed by atoms with Crippen molar-refractivity contribution in [2.45, 2.75) is 45.7 Å². The highest BCUT2D eigenvalue weighted by Gasteiger charge is 2.20. The van der Waals surface area contributed by atoms with Crippen LogP contribution >= 0.6 is 0 Å². The van der Waals surface area contributed by atoms with Crippen molar-refractivity contribution in [2.75, 3.05) is 18.5 Å². The third-order valence-electron chi connectivity index (χ3n) is 3.61. The molecule has 0 amide bonds. The number of hydrogen-bond donors (Lipinski definition) is 1. The lowest BCUT2D eigenvalue weighted by molar-refractivity contribution is 0.557. The topological polar surface area (TPSA) is 28.2 Å². The van der Waals surface area contributed by atoms with Gasteiger partial charge < -0.3 is 10.2 Å². The Balaban J connectivity index is 1.92.